The van der Waals surface area contributed by atoms with Crippen LogP contribution in [0.5, 0.6) is 0 Å². The van der Waals surface area contributed by atoms with Crippen LogP contribution >= 0.6 is 15.9 Å². The van der Waals surface area contributed by atoms with Gasteiger partial charge in [-0.15, -0.1) is 0 Å². The predicted octanol–water partition coefficient (Wildman–Crippen LogP) is 3.74. The fourth-order valence-corrected chi connectivity index (χ4v) is 1.77. The fraction of sp³-hybridized carbons (Fsp3) is 0.417. The minimum absolute atomic E-state index is 0.295. The molecule has 1 aromatic rings. The number of benzene rings is 1. The van der Waals surface area contributed by atoms with E-state index in [0.29, 0.717) is 11.7 Å². The average Bonchev–Trinajstić information content (AvgIpc) is 2.93. The van der Waals surface area contributed by atoms with E-state index < -0.39 is 0 Å². The van der Waals surface area contributed by atoms with Crippen molar-refractivity contribution < 1.29 is 4.79 Å². The molecule has 0 bridgehead atoms. The molecule has 2 rings (SSSR count). The van der Waals surface area contributed by atoms with Crippen LogP contribution in [0, 0.1) is 12.8 Å². The lowest BCUT2D eigenvalue weighted by molar-refractivity contribution is 0.0976. The highest BCUT2D eigenvalue weighted by Gasteiger charge is 2.24. The highest BCUT2D eigenvalue weighted by molar-refractivity contribution is 9.10. The van der Waals surface area contributed by atoms with Crippen LogP contribution in [0.25, 0.3) is 0 Å². The van der Waals surface area contributed by atoms with Crippen LogP contribution in [0.4, 0.5) is 0 Å². The van der Waals surface area contributed by atoms with Crippen molar-refractivity contribution in [2.75, 3.05) is 0 Å². The SMILES string of the molecule is Cc1cc(C(=O)CC2CC2)ccc1Br. The first-order valence-corrected chi connectivity index (χ1v) is 5.75. The summed E-state index contributed by atoms with van der Waals surface area (Å²) in [5, 5.41) is 0. The number of carbonyl (C=O) groups excluding carboxylic acids is 1. The Morgan fingerprint density at radius 1 is 1.50 bits per heavy atom. The summed E-state index contributed by atoms with van der Waals surface area (Å²) in [5.74, 6) is 0.967. The number of aryl methyl sites for hydroxylation is 1. The Balaban J connectivity index is 2.14. The summed E-state index contributed by atoms with van der Waals surface area (Å²) < 4.78 is 1.07. The zero-order valence-electron chi connectivity index (χ0n) is 8.22. The Kier molecular flexibility index (Phi) is 2.73. The maximum atomic E-state index is 11.7. The van der Waals surface area contributed by atoms with Gasteiger partial charge in [-0.25, -0.2) is 0 Å². The van der Waals surface area contributed by atoms with Crippen molar-refractivity contribution in [2.45, 2.75) is 26.2 Å². The van der Waals surface area contributed by atoms with Gasteiger partial charge in [0.25, 0.3) is 0 Å². The maximum Gasteiger partial charge on any atom is 0.163 e. The zero-order chi connectivity index (χ0) is 10.1. The van der Waals surface area contributed by atoms with Crippen molar-refractivity contribution in [2.24, 2.45) is 5.92 Å². The first kappa shape index (κ1) is 9.91. The topological polar surface area (TPSA) is 17.1 Å². The number of Topliss-reactive ketones (excluding diaryl/α,β-unsaturated/α-hetero) is 1. The number of hydrogen-bond donors (Lipinski definition) is 0. The molecular weight excluding hydrogens is 240 g/mol. The molecule has 0 amide bonds. The Morgan fingerprint density at radius 2 is 2.21 bits per heavy atom. The fourth-order valence-electron chi connectivity index (χ4n) is 1.52. The van der Waals surface area contributed by atoms with Crippen molar-refractivity contribution in [3.63, 3.8) is 0 Å². The van der Waals surface area contributed by atoms with Crippen LogP contribution in [0.2, 0.25) is 0 Å². The van der Waals surface area contributed by atoms with Gasteiger partial charge in [0.2, 0.25) is 0 Å². The molecule has 1 fully saturated rings. The monoisotopic (exact) mass is 252 g/mol. The average molecular weight is 253 g/mol. The first-order valence-electron chi connectivity index (χ1n) is 4.96. The van der Waals surface area contributed by atoms with E-state index in [9.17, 15) is 4.79 Å². The molecule has 1 nitrogen and oxygen atoms in total. The summed E-state index contributed by atoms with van der Waals surface area (Å²) in [4.78, 5) is 11.7. The second kappa shape index (κ2) is 3.85. The van der Waals surface area contributed by atoms with Crippen LogP contribution in [0.3, 0.4) is 0 Å². The van der Waals surface area contributed by atoms with Gasteiger partial charge >= 0.3 is 0 Å². The molecule has 0 N–H and O–H groups in total. The first-order chi connectivity index (χ1) is 6.66. The third-order valence-electron chi connectivity index (χ3n) is 2.65. The third kappa shape index (κ3) is 2.24. The van der Waals surface area contributed by atoms with Gasteiger partial charge < -0.3 is 0 Å². The largest absolute Gasteiger partial charge is 0.294 e. The van der Waals surface area contributed by atoms with Crippen molar-refractivity contribution in [1.29, 1.82) is 0 Å². The van der Waals surface area contributed by atoms with Crippen LogP contribution in [-0.2, 0) is 0 Å². The molecule has 0 aromatic heterocycles. The lowest BCUT2D eigenvalue weighted by atomic mass is 10.0. The highest BCUT2D eigenvalue weighted by atomic mass is 79.9. The number of halogens is 1. The van der Waals surface area contributed by atoms with Crippen molar-refractivity contribution >= 4 is 21.7 Å². The number of hydrogen-bond acceptors (Lipinski definition) is 1. The molecule has 0 saturated heterocycles. The van der Waals surface area contributed by atoms with Gasteiger partial charge in [-0.1, -0.05) is 22.0 Å². The van der Waals surface area contributed by atoms with E-state index >= 15 is 0 Å². The van der Waals surface area contributed by atoms with Gasteiger partial charge in [0.1, 0.15) is 0 Å². The van der Waals surface area contributed by atoms with E-state index in [1.165, 1.54) is 12.8 Å². The van der Waals surface area contributed by atoms with Gasteiger partial charge in [-0.05, 0) is 43.4 Å². The van der Waals surface area contributed by atoms with Crippen molar-refractivity contribution in [3.8, 4) is 0 Å². The molecule has 2 heteroatoms. The van der Waals surface area contributed by atoms with Gasteiger partial charge in [-0.2, -0.15) is 0 Å². The quantitative estimate of drug-likeness (QED) is 0.750. The van der Waals surface area contributed by atoms with E-state index in [1.807, 2.05) is 25.1 Å². The number of ketones is 1. The Labute approximate surface area is 92.6 Å². The van der Waals surface area contributed by atoms with Crippen LogP contribution in [-0.4, -0.2) is 5.78 Å². The van der Waals surface area contributed by atoms with Gasteiger partial charge in [0, 0.05) is 16.5 Å². The normalized spacial score (nSPS) is 15.6. The van der Waals surface area contributed by atoms with E-state index in [4.69, 9.17) is 0 Å². The molecule has 1 aromatic carbocycles. The summed E-state index contributed by atoms with van der Waals surface area (Å²) in [7, 11) is 0. The van der Waals surface area contributed by atoms with Crippen LogP contribution < -0.4 is 0 Å². The Bertz CT molecular complexity index is 367. The van der Waals surface area contributed by atoms with E-state index in [-0.39, 0.29) is 0 Å². The lowest BCUT2D eigenvalue weighted by Gasteiger charge is -2.02. The Morgan fingerprint density at radius 3 is 2.79 bits per heavy atom. The van der Waals surface area contributed by atoms with E-state index in [2.05, 4.69) is 15.9 Å². The maximum absolute atomic E-state index is 11.7. The number of rotatable bonds is 3. The Hall–Kier alpha value is -0.630. The minimum Gasteiger partial charge on any atom is -0.294 e. The molecule has 0 aliphatic heterocycles. The lowest BCUT2D eigenvalue weighted by Crippen LogP contribution is -2.00. The second-order valence-corrected chi connectivity index (χ2v) is 4.89. The molecule has 74 valence electrons. The third-order valence-corrected chi connectivity index (χ3v) is 3.54. The molecule has 1 aliphatic carbocycles. The molecule has 1 saturated carbocycles. The van der Waals surface area contributed by atoms with Gasteiger partial charge in [-0.3, -0.25) is 4.79 Å². The highest BCUT2D eigenvalue weighted by Crippen LogP contribution is 2.33. The summed E-state index contributed by atoms with van der Waals surface area (Å²) in [6.07, 6.45) is 3.21. The van der Waals surface area contributed by atoms with E-state index in [1.54, 1.807) is 0 Å². The minimum atomic E-state index is 0.295. The molecule has 0 atom stereocenters. The standard InChI is InChI=1S/C12H13BrO/c1-8-6-10(4-5-11(8)13)12(14)7-9-2-3-9/h4-6,9H,2-3,7H2,1H3. The smallest absolute Gasteiger partial charge is 0.163 e. The summed E-state index contributed by atoms with van der Waals surface area (Å²) in [6.45, 7) is 2.01. The second-order valence-electron chi connectivity index (χ2n) is 4.03. The van der Waals surface area contributed by atoms with Crippen molar-refractivity contribution in [3.05, 3.63) is 33.8 Å². The predicted molar refractivity (Wildman–Crippen MR) is 60.6 cm³/mol. The summed E-state index contributed by atoms with van der Waals surface area (Å²) in [5.41, 5.74) is 1.99. The summed E-state index contributed by atoms with van der Waals surface area (Å²) >= 11 is 3.43. The van der Waals surface area contributed by atoms with Gasteiger partial charge in [0.15, 0.2) is 5.78 Å². The zero-order valence-corrected chi connectivity index (χ0v) is 9.80. The number of carbonyl (C=O) groups is 1. The molecule has 14 heavy (non-hydrogen) atoms. The molecule has 0 unspecified atom stereocenters. The van der Waals surface area contributed by atoms with Crippen LogP contribution in [0.15, 0.2) is 22.7 Å². The molecule has 0 heterocycles. The van der Waals surface area contributed by atoms with Crippen molar-refractivity contribution in [1.82, 2.24) is 0 Å². The van der Waals surface area contributed by atoms with Crippen LogP contribution in [0.1, 0.15) is 35.2 Å². The summed E-state index contributed by atoms with van der Waals surface area (Å²) in [6, 6.07) is 5.83. The molecule has 0 spiro atoms. The molecular formula is C12H13BrO. The van der Waals surface area contributed by atoms with E-state index in [0.717, 1.165) is 22.0 Å². The van der Waals surface area contributed by atoms with Gasteiger partial charge in [0.05, 0.1) is 0 Å². The molecule has 1 aliphatic rings. The molecule has 0 radical (unpaired) electrons.